The van der Waals surface area contributed by atoms with E-state index in [1.54, 1.807) is 4.57 Å². The van der Waals surface area contributed by atoms with E-state index in [2.05, 4.69) is 15.5 Å². The van der Waals surface area contributed by atoms with Crippen LogP contribution in [-0.4, -0.2) is 43.5 Å². The van der Waals surface area contributed by atoms with Crippen molar-refractivity contribution in [2.24, 2.45) is 0 Å². The van der Waals surface area contributed by atoms with Crippen LogP contribution >= 0.6 is 23.1 Å². The summed E-state index contributed by atoms with van der Waals surface area (Å²) in [6.45, 7) is 3.18. The highest BCUT2D eigenvalue weighted by Gasteiger charge is 2.22. The fourth-order valence-corrected chi connectivity index (χ4v) is 5.28. The van der Waals surface area contributed by atoms with Gasteiger partial charge >= 0.3 is 0 Å². The summed E-state index contributed by atoms with van der Waals surface area (Å²) >= 11 is 2.70. The van der Waals surface area contributed by atoms with Gasteiger partial charge in [0.15, 0.2) is 5.16 Å². The van der Waals surface area contributed by atoms with Gasteiger partial charge < -0.3 is 10.1 Å². The summed E-state index contributed by atoms with van der Waals surface area (Å²) in [4.78, 5) is 25.5. The third kappa shape index (κ3) is 3.98. The Kier molecular flexibility index (Phi) is 5.51. The van der Waals surface area contributed by atoms with Gasteiger partial charge in [0.25, 0.3) is 5.56 Å². The van der Waals surface area contributed by atoms with E-state index >= 15 is 0 Å². The van der Waals surface area contributed by atoms with Crippen LogP contribution in [0.2, 0.25) is 0 Å². The molecule has 1 aromatic carbocycles. The predicted molar refractivity (Wildman–Crippen MR) is 122 cm³/mol. The summed E-state index contributed by atoms with van der Waals surface area (Å²) in [5, 5.41) is 14.0. The summed E-state index contributed by atoms with van der Waals surface area (Å²) in [6.07, 6.45) is 1.93. The molecule has 8 nitrogen and oxygen atoms in total. The first-order valence-electron chi connectivity index (χ1n) is 10.1. The molecule has 31 heavy (non-hydrogen) atoms. The molecule has 1 aliphatic rings. The fourth-order valence-electron chi connectivity index (χ4n) is 3.71. The summed E-state index contributed by atoms with van der Waals surface area (Å²) in [5.41, 5.74) is 2.58. The zero-order valence-electron chi connectivity index (χ0n) is 16.9. The molecule has 0 aliphatic carbocycles. The lowest BCUT2D eigenvalue weighted by molar-refractivity contribution is -0.113. The number of fused-ring (bicyclic) bond motifs is 3. The van der Waals surface area contributed by atoms with Crippen molar-refractivity contribution in [2.75, 3.05) is 17.7 Å². The summed E-state index contributed by atoms with van der Waals surface area (Å²) in [7, 11) is 0. The van der Waals surface area contributed by atoms with Crippen LogP contribution in [0.1, 0.15) is 18.4 Å². The number of carbonyl (C=O) groups excluding carboxylic acids is 1. The van der Waals surface area contributed by atoms with Gasteiger partial charge in [0, 0.05) is 12.3 Å². The highest BCUT2D eigenvalue weighted by atomic mass is 32.2. The Balaban J connectivity index is 1.43. The van der Waals surface area contributed by atoms with Gasteiger partial charge in [0.05, 0.1) is 23.9 Å². The second kappa shape index (κ2) is 8.45. The molecule has 0 saturated carbocycles. The Labute approximate surface area is 186 Å². The van der Waals surface area contributed by atoms with Crippen molar-refractivity contribution in [1.82, 2.24) is 19.2 Å². The van der Waals surface area contributed by atoms with Gasteiger partial charge in [0.1, 0.15) is 4.70 Å². The molecule has 0 radical (unpaired) electrons. The minimum absolute atomic E-state index is 0.00648. The summed E-state index contributed by atoms with van der Waals surface area (Å²) in [6, 6.07) is 9.56. The number of nitrogens with zero attached hydrogens (tertiary/aromatic N) is 4. The first-order chi connectivity index (χ1) is 15.1. The molecule has 1 saturated heterocycles. The van der Waals surface area contributed by atoms with Crippen LogP contribution in [0.4, 0.5) is 5.69 Å². The molecule has 1 aliphatic heterocycles. The lowest BCUT2D eigenvalue weighted by Gasteiger charge is -2.13. The normalized spacial score (nSPS) is 16.4. The van der Waals surface area contributed by atoms with E-state index < -0.39 is 0 Å². The van der Waals surface area contributed by atoms with Crippen LogP contribution in [0.25, 0.3) is 16.0 Å². The Morgan fingerprint density at radius 1 is 1.29 bits per heavy atom. The molecule has 1 amide bonds. The molecular formula is C21H21N5O3S2. The predicted octanol–water partition coefficient (Wildman–Crippen LogP) is 3.32. The van der Waals surface area contributed by atoms with Crippen LogP contribution in [0.15, 0.2) is 45.7 Å². The second-order valence-electron chi connectivity index (χ2n) is 7.51. The SMILES string of the molecule is Cc1ccc(NC(=O)CSc2nnc3n(CC4CCCO4)c(=O)c4sccc4n23)cc1. The summed E-state index contributed by atoms with van der Waals surface area (Å²) < 4.78 is 9.90. The first-order valence-corrected chi connectivity index (χ1v) is 11.9. The number of anilines is 1. The number of ether oxygens (including phenoxy) is 1. The first kappa shape index (κ1) is 20.2. The van der Waals surface area contributed by atoms with E-state index in [4.69, 9.17) is 4.74 Å². The monoisotopic (exact) mass is 455 g/mol. The molecule has 4 heterocycles. The maximum Gasteiger partial charge on any atom is 0.272 e. The van der Waals surface area contributed by atoms with Crippen molar-refractivity contribution in [1.29, 1.82) is 0 Å². The van der Waals surface area contributed by atoms with Gasteiger partial charge in [0.2, 0.25) is 11.7 Å². The Bertz CT molecular complexity index is 1300. The highest BCUT2D eigenvalue weighted by Crippen LogP contribution is 2.25. The smallest absolute Gasteiger partial charge is 0.272 e. The molecule has 4 aromatic rings. The van der Waals surface area contributed by atoms with E-state index in [1.807, 2.05) is 47.0 Å². The van der Waals surface area contributed by atoms with E-state index in [0.717, 1.165) is 36.2 Å². The van der Waals surface area contributed by atoms with Crippen molar-refractivity contribution >= 4 is 50.7 Å². The van der Waals surface area contributed by atoms with Gasteiger partial charge in [-0.2, -0.15) is 0 Å². The molecule has 5 rings (SSSR count). The van der Waals surface area contributed by atoms with Crippen LogP contribution in [-0.2, 0) is 16.1 Å². The van der Waals surface area contributed by atoms with Crippen LogP contribution in [0.5, 0.6) is 0 Å². The number of hydrogen-bond donors (Lipinski definition) is 1. The number of aryl methyl sites for hydroxylation is 1. The topological polar surface area (TPSA) is 90.5 Å². The van der Waals surface area contributed by atoms with Crippen molar-refractivity contribution in [3.05, 3.63) is 51.6 Å². The lowest BCUT2D eigenvalue weighted by Crippen LogP contribution is -2.28. The number of rotatable bonds is 6. The molecule has 0 bridgehead atoms. The van der Waals surface area contributed by atoms with E-state index in [-0.39, 0.29) is 23.3 Å². The molecule has 1 unspecified atom stereocenters. The maximum absolute atomic E-state index is 13.1. The zero-order valence-corrected chi connectivity index (χ0v) is 18.5. The average molecular weight is 456 g/mol. The quantitative estimate of drug-likeness (QED) is 0.449. The molecular weight excluding hydrogens is 434 g/mol. The largest absolute Gasteiger partial charge is 0.376 e. The molecule has 1 fully saturated rings. The van der Waals surface area contributed by atoms with Gasteiger partial charge in [-0.15, -0.1) is 21.5 Å². The Morgan fingerprint density at radius 3 is 2.90 bits per heavy atom. The van der Waals surface area contributed by atoms with Crippen LogP contribution in [0, 0.1) is 6.92 Å². The number of nitrogens with one attached hydrogen (secondary N) is 1. The molecule has 0 spiro atoms. The standard InChI is InChI=1S/C21H21N5O3S2/c1-13-4-6-14(7-5-13)22-17(27)12-31-21-24-23-20-25(11-15-3-2-9-29-15)19(28)18-16(26(20)21)8-10-30-18/h4-8,10,15H,2-3,9,11-12H2,1H3,(H,22,27). The maximum atomic E-state index is 13.1. The number of aromatic nitrogens is 4. The second-order valence-corrected chi connectivity index (χ2v) is 9.37. The number of benzene rings is 1. The number of thiophene rings is 1. The van der Waals surface area contributed by atoms with Crippen molar-refractivity contribution < 1.29 is 9.53 Å². The van der Waals surface area contributed by atoms with E-state index in [0.29, 0.717) is 22.2 Å². The number of carbonyl (C=O) groups is 1. The van der Waals surface area contributed by atoms with Crippen LogP contribution < -0.4 is 10.9 Å². The van der Waals surface area contributed by atoms with Gasteiger partial charge in [-0.25, -0.2) is 0 Å². The van der Waals surface area contributed by atoms with Gasteiger partial charge in [-0.05, 0) is 43.3 Å². The van der Waals surface area contributed by atoms with Crippen LogP contribution in [0.3, 0.4) is 0 Å². The zero-order chi connectivity index (χ0) is 21.4. The van der Waals surface area contributed by atoms with E-state index in [9.17, 15) is 9.59 Å². The Hall–Kier alpha value is -2.69. The number of thioether (sulfide) groups is 1. The Morgan fingerprint density at radius 2 is 2.13 bits per heavy atom. The van der Waals surface area contributed by atoms with Crippen molar-refractivity contribution in [3.8, 4) is 0 Å². The van der Waals surface area contributed by atoms with Gasteiger partial charge in [-0.3, -0.25) is 18.6 Å². The van der Waals surface area contributed by atoms with Crippen molar-refractivity contribution in [2.45, 2.75) is 37.6 Å². The number of amides is 1. The molecule has 1 atom stereocenters. The van der Waals surface area contributed by atoms with E-state index in [1.165, 1.54) is 23.1 Å². The third-order valence-corrected chi connectivity index (χ3v) is 7.08. The molecule has 160 valence electrons. The minimum atomic E-state index is -0.125. The highest BCUT2D eigenvalue weighted by molar-refractivity contribution is 7.99. The molecule has 1 N–H and O–H groups in total. The summed E-state index contributed by atoms with van der Waals surface area (Å²) in [5.74, 6) is 0.540. The lowest BCUT2D eigenvalue weighted by atomic mass is 10.2. The molecule has 10 heteroatoms. The molecule has 3 aromatic heterocycles. The third-order valence-electron chi connectivity index (χ3n) is 5.26. The van der Waals surface area contributed by atoms with Crippen molar-refractivity contribution in [3.63, 3.8) is 0 Å². The fraction of sp³-hybridized carbons (Fsp3) is 0.333. The average Bonchev–Trinajstić information content (AvgIpc) is 3.51. The minimum Gasteiger partial charge on any atom is -0.376 e. The van der Waals surface area contributed by atoms with Gasteiger partial charge in [-0.1, -0.05) is 29.5 Å². The number of hydrogen-bond acceptors (Lipinski definition) is 7.